The van der Waals surface area contributed by atoms with Crippen LogP contribution in [0.4, 0.5) is 0 Å². The summed E-state index contributed by atoms with van der Waals surface area (Å²) in [6.07, 6.45) is 1.70. The Kier molecular flexibility index (Phi) is 5.51. The second-order valence-electron chi connectivity index (χ2n) is 5.97. The maximum absolute atomic E-state index is 13.2. The largest absolute Gasteiger partial charge is 0.462 e. The van der Waals surface area contributed by atoms with Crippen LogP contribution in [0.15, 0.2) is 60.9 Å². The molecular weight excluding hydrogens is 312 g/mol. The zero-order chi connectivity index (χ0) is 17.6. The third-order valence-electron chi connectivity index (χ3n) is 4.55. The predicted octanol–water partition coefficient (Wildman–Crippen LogP) is 3.86. The minimum absolute atomic E-state index is 0.0182. The molecule has 0 saturated heterocycles. The van der Waals surface area contributed by atoms with Gasteiger partial charge in [0.15, 0.2) is 0 Å². The normalized spacial score (nSPS) is 14.0. The highest BCUT2D eigenvalue weighted by molar-refractivity contribution is 6.02. The van der Waals surface area contributed by atoms with E-state index in [1.165, 1.54) is 0 Å². The van der Waals surface area contributed by atoms with E-state index in [9.17, 15) is 4.79 Å². The first kappa shape index (κ1) is 17.2. The zero-order valence-corrected chi connectivity index (χ0v) is 14.8. The summed E-state index contributed by atoms with van der Waals surface area (Å²) in [5, 5.41) is 0. The van der Waals surface area contributed by atoms with Crippen LogP contribution in [-0.2, 0) is 0 Å². The topological polar surface area (TPSA) is 32.8 Å². The molecule has 3 rings (SSSR count). The van der Waals surface area contributed by atoms with Gasteiger partial charge >= 0.3 is 0 Å². The Morgan fingerprint density at radius 2 is 1.64 bits per heavy atom. The molecule has 0 atom stereocenters. The van der Waals surface area contributed by atoms with Gasteiger partial charge in [0.25, 0.3) is 5.91 Å². The lowest BCUT2D eigenvalue weighted by atomic mass is 10.1. The number of hydrogen-bond donors (Lipinski definition) is 0. The molecule has 1 aliphatic rings. The third-order valence-corrected chi connectivity index (χ3v) is 4.55. The van der Waals surface area contributed by atoms with Crippen LogP contribution in [0, 0.1) is 0 Å². The molecule has 0 unspecified atom stereocenters. The quantitative estimate of drug-likeness (QED) is 0.803. The van der Waals surface area contributed by atoms with Gasteiger partial charge in [-0.2, -0.15) is 0 Å². The van der Waals surface area contributed by atoms with Gasteiger partial charge in [-0.1, -0.05) is 56.3 Å². The van der Waals surface area contributed by atoms with Crippen molar-refractivity contribution < 1.29 is 9.53 Å². The molecule has 1 amide bonds. The van der Waals surface area contributed by atoms with Gasteiger partial charge in [0, 0.05) is 18.7 Å². The Morgan fingerprint density at radius 3 is 2.36 bits per heavy atom. The van der Waals surface area contributed by atoms with E-state index >= 15 is 0 Å². The second kappa shape index (κ2) is 7.99. The van der Waals surface area contributed by atoms with E-state index < -0.39 is 0 Å². The van der Waals surface area contributed by atoms with Gasteiger partial charge < -0.3 is 14.5 Å². The predicted molar refractivity (Wildman–Crippen MR) is 100 cm³/mol. The van der Waals surface area contributed by atoms with E-state index in [0.717, 1.165) is 30.9 Å². The van der Waals surface area contributed by atoms with E-state index in [1.807, 2.05) is 59.5 Å². The molecule has 0 aliphatic carbocycles. The standard InChI is InChI=1S/C21H24N2O2/c1-3-22(4-2)14-15-23-19(17-10-6-5-7-11-17)16-25-20-13-9-8-12-18(20)21(23)24/h5-13,16H,3-4,14-15H2,1-2H3. The van der Waals surface area contributed by atoms with E-state index in [4.69, 9.17) is 4.74 Å². The zero-order valence-electron chi connectivity index (χ0n) is 14.8. The number of hydrogen-bond acceptors (Lipinski definition) is 3. The Labute approximate surface area is 149 Å². The molecule has 25 heavy (non-hydrogen) atoms. The Bertz CT molecular complexity index is 752. The Hall–Kier alpha value is -2.59. The van der Waals surface area contributed by atoms with Crippen molar-refractivity contribution in [1.29, 1.82) is 0 Å². The maximum Gasteiger partial charge on any atom is 0.262 e. The molecule has 0 aromatic heterocycles. The van der Waals surface area contributed by atoms with Crippen molar-refractivity contribution in [3.05, 3.63) is 72.0 Å². The molecule has 2 aromatic carbocycles. The van der Waals surface area contributed by atoms with Crippen molar-refractivity contribution >= 4 is 11.6 Å². The summed E-state index contributed by atoms with van der Waals surface area (Å²) < 4.78 is 5.84. The number of fused-ring (bicyclic) bond motifs is 1. The highest BCUT2D eigenvalue weighted by Crippen LogP contribution is 2.30. The first-order valence-electron chi connectivity index (χ1n) is 8.80. The summed E-state index contributed by atoms with van der Waals surface area (Å²) in [5.41, 5.74) is 2.38. The van der Waals surface area contributed by atoms with Crippen molar-refractivity contribution in [2.24, 2.45) is 0 Å². The van der Waals surface area contributed by atoms with Crippen LogP contribution in [0.1, 0.15) is 29.8 Å². The molecule has 1 heterocycles. The molecule has 1 aliphatic heterocycles. The SMILES string of the molecule is CCN(CC)CCN1C(=O)c2ccccc2OC=C1c1ccccc1. The van der Waals surface area contributed by atoms with Crippen LogP contribution in [0.3, 0.4) is 0 Å². The number of para-hydroxylation sites is 1. The van der Waals surface area contributed by atoms with Crippen LogP contribution in [0.25, 0.3) is 5.70 Å². The van der Waals surface area contributed by atoms with Crippen molar-refractivity contribution in [3.63, 3.8) is 0 Å². The van der Waals surface area contributed by atoms with Crippen LogP contribution < -0.4 is 4.74 Å². The average Bonchev–Trinajstić information content (AvgIpc) is 2.81. The minimum atomic E-state index is -0.0182. The first-order valence-corrected chi connectivity index (χ1v) is 8.80. The lowest BCUT2D eigenvalue weighted by molar-refractivity contribution is 0.0824. The maximum atomic E-state index is 13.2. The fraction of sp³-hybridized carbons (Fsp3) is 0.286. The van der Waals surface area contributed by atoms with Gasteiger partial charge in [-0.05, 0) is 25.2 Å². The summed E-state index contributed by atoms with van der Waals surface area (Å²) in [7, 11) is 0. The number of carbonyl (C=O) groups is 1. The van der Waals surface area contributed by atoms with Crippen molar-refractivity contribution in [2.75, 3.05) is 26.2 Å². The van der Waals surface area contributed by atoms with Crippen molar-refractivity contribution in [2.45, 2.75) is 13.8 Å². The van der Waals surface area contributed by atoms with Crippen molar-refractivity contribution in [3.8, 4) is 5.75 Å². The summed E-state index contributed by atoms with van der Waals surface area (Å²) in [5.74, 6) is 0.585. The molecule has 4 heteroatoms. The van der Waals surface area contributed by atoms with Crippen LogP contribution in [0.5, 0.6) is 5.75 Å². The van der Waals surface area contributed by atoms with Crippen molar-refractivity contribution in [1.82, 2.24) is 9.80 Å². The van der Waals surface area contributed by atoms with E-state index in [-0.39, 0.29) is 5.91 Å². The monoisotopic (exact) mass is 336 g/mol. The second-order valence-corrected chi connectivity index (χ2v) is 5.97. The summed E-state index contributed by atoms with van der Waals surface area (Å²) >= 11 is 0. The molecule has 2 aromatic rings. The number of nitrogens with zero attached hydrogens (tertiary/aromatic N) is 2. The van der Waals surface area contributed by atoms with Crippen LogP contribution in [0.2, 0.25) is 0 Å². The Morgan fingerprint density at radius 1 is 0.960 bits per heavy atom. The molecule has 0 spiro atoms. The van der Waals surface area contributed by atoms with Gasteiger partial charge in [-0.25, -0.2) is 0 Å². The van der Waals surface area contributed by atoms with E-state index in [2.05, 4.69) is 18.7 Å². The molecule has 0 bridgehead atoms. The van der Waals surface area contributed by atoms with Gasteiger partial charge in [0.2, 0.25) is 0 Å². The molecule has 4 nitrogen and oxygen atoms in total. The smallest absolute Gasteiger partial charge is 0.262 e. The molecular formula is C21H24N2O2. The summed E-state index contributed by atoms with van der Waals surface area (Å²) in [6.45, 7) is 7.66. The highest BCUT2D eigenvalue weighted by Gasteiger charge is 2.27. The third kappa shape index (κ3) is 3.74. The lowest BCUT2D eigenvalue weighted by Crippen LogP contribution is -2.37. The average molecular weight is 336 g/mol. The minimum Gasteiger partial charge on any atom is -0.462 e. The fourth-order valence-electron chi connectivity index (χ4n) is 3.02. The lowest BCUT2D eigenvalue weighted by Gasteiger charge is -2.27. The number of benzene rings is 2. The molecule has 130 valence electrons. The summed E-state index contributed by atoms with van der Waals surface area (Å²) in [6, 6.07) is 17.3. The van der Waals surface area contributed by atoms with Crippen LogP contribution >= 0.6 is 0 Å². The molecule has 0 N–H and O–H groups in total. The van der Waals surface area contributed by atoms with E-state index in [1.54, 1.807) is 6.26 Å². The number of ether oxygens (including phenoxy) is 1. The molecule has 0 radical (unpaired) electrons. The molecule has 0 saturated carbocycles. The number of carbonyl (C=O) groups excluding carboxylic acids is 1. The number of rotatable bonds is 6. The summed E-state index contributed by atoms with van der Waals surface area (Å²) in [4.78, 5) is 17.3. The van der Waals surface area contributed by atoms with Gasteiger partial charge in [0.1, 0.15) is 12.0 Å². The molecule has 0 fully saturated rings. The first-order chi connectivity index (χ1) is 12.2. The Balaban J connectivity index is 1.96. The fourth-order valence-corrected chi connectivity index (χ4v) is 3.02. The number of likely N-dealkylation sites (N-methyl/N-ethyl adjacent to an activating group) is 1. The number of amides is 1. The van der Waals surface area contributed by atoms with Crippen LogP contribution in [-0.4, -0.2) is 41.9 Å². The van der Waals surface area contributed by atoms with Gasteiger partial charge in [-0.3, -0.25) is 4.79 Å². The van der Waals surface area contributed by atoms with Gasteiger partial charge in [0.05, 0.1) is 11.3 Å². The highest BCUT2D eigenvalue weighted by atomic mass is 16.5. The van der Waals surface area contributed by atoms with Gasteiger partial charge in [-0.15, -0.1) is 0 Å². The van der Waals surface area contributed by atoms with E-state index in [0.29, 0.717) is 17.9 Å².